The highest BCUT2D eigenvalue weighted by Gasteiger charge is 2.22. The van der Waals surface area contributed by atoms with E-state index in [0.717, 1.165) is 21.3 Å². The quantitative estimate of drug-likeness (QED) is 0.757. The van der Waals surface area contributed by atoms with Crippen molar-refractivity contribution in [2.24, 2.45) is 0 Å². The Morgan fingerprint density at radius 1 is 1.18 bits per heavy atom. The van der Waals surface area contributed by atoms with E-state index in [9.17, 15) is 4.79 Å². The molecule has 0 atom stereocenters. The van der Waals surface area contributed by atoms with Crippen LogP contribution in [-0.2, 0) is 11.3 Å². The average molecular weight is 290 g/mol. The number of pyridine rings is 1. The molecule has 0 unspecified atom stereocenters. The van der Waals surface area contributed by atoms with Crippen molar-refractivity contribution in [1.29, 1.82) is 0 Å². The summed E-state index contributed by atoms with van der Waals surface area (Å²) in [7, 11) is 0. The molecule has 17 heavy (non-hydrogen) atoms. The van der Waals surface area contributed by atoms with Crippen LogP contribution in [0.1, 0.15) is 16.1 Å². The standard InChI is InChI=1S/C13H8BrNO2/c14-10-3-1-8(2-4-10)9-5-11-12(15-6-9)7-17-13(11)16/h1-6H,7H2. The second-order valence-corrected chi connectivity index (χ2v) is 4.72. The molecule has 3 nitrogen and oxygen atoms in total. The van der Waals surface area contributed by atoms with Gasteiger partial charge in [-0.2, -0.15) is 0 Å². The molecule has 0 radical (unpaired) electrons. The Hall–Kier alpha value is -1.68. The molecule has 4 heteroatoms. The number of cyclic esters (lactones) is 1. The van der Waals surface area contributed by atoms with Crippen molar-refractivity contribution in [3.63, 3.8) is 0 Å². The molecule has 0 spiro atoms. The highest BCUT2D eigenvalue weighted by atomic mass is 79.9. The Balaban J connectivity index is 2.08. The smallest absolute Gasteiger partial charge is 0.340 e. The SMILES string of the molecule is O=C1OCc2ncc(-c3ccc(Br)cc3)cc21. The number of carbonyl (C=O) groups is 1. The van der Waals surface area contributed by atoms with Crippen molar-refractivity contribution < 1.29 is 9.53 Å². The first-order valence-electron chi connectivity index (χ1n) is 5.16. The maximum absolute atomic E-state index is 11.4. The second-order valence-electron chi connectivity index (χ2n) is 3.80. The van der Waals surface area contributed by atoms with Crippen molar-refractivity contribution in [2.75, 3.05) is 0 Å². The molecule has 0 amide bonds. The van der Waals surface area contributed by atoms with Crippen LogP contribution in [0.15, 0.2) is 41.0 Å². The molecule has 1 aromatic heterocycles. The molecule has 0 saturated carbocycles. The highest BCUT2D eigenvalue weighted by Crippen LogP contribution is 2.26. The molecule has 1 aromatic carbocycles. The first-order valence-corrected chi connectivity index (χ1v) is 5.95. The van der Waals surface area contributed by atoms with Crippen LogP contribution >= 0.6 is 15.9 Å². The summed E-state index contributed by atoms with van der Waals surface area (Å²) in [4.78, 5) is 15.7. The van der Waals surface area contributed by atoms with Gasteiger partial charge in [0.15, 0.2) is 0 Å². The van der Waals surface area contributed by atoms with E-state index in [1.54, 1.807) is 6.20 Å². The Morgan fingerprint density at radius 2 is 1.94 bits per heavy atom. The first kappa shape index (κ1) is 10.5. The topological polar surface area (TPSA) is 39.2 Å². The highest BCUT2D eigenvalue weighted by molar-refractivity contribution is 9.10. The van der Waals surface area contributed by atoms with E-state index >= 15 is 0 Å². The van der Waals surface area contributed by atoms with E-state index in [2.05, 4.69) is 20.9 Å². The van der Waals surface area contributed by atoms with Crippen LogP contribution in [-0.4, -0.2) is 11.0 Å². The molecule has 3 rings (SSSR count). The summed E-state index contributed by atoms with van der Waals surface area (Å²) in [5, 5.41) is 0. The van der Waals surface area contributed by atoms with Gasteiger partial charge in [0, 0.05) is 16.2 Å². The summed E-state index contributed by atoms with van der Waals surface area (Å²) in [6.07, 6.45) is 1.77. The third kappa shape index (κ3) is 1.85. The molecule has 84 valence electrons. The van der Waals surface area contributed by atoms with Crippen LogP contribution in [0.4, 0.5) is 0 Å². The van der Waals surface area contributed by atoms with Gasteiger partial charge in [0.05, 0.1) is 11.3 Å². The molecule has 0 saturated heterocycles. The van der Waals surface area contributed by atoms with E-state index in [0.29, 0.717) is 5.56 Å². The minimum Gasteiger partial charge on any atom is -0.456 e. The molecule has 0 N–H and O–H groups in total. The zero-order valence-corrected chi connectivity index (χ0v) is 10.4. The number of benzene rings is 1. The van der Waals surface area contributed by atoms with Gasteiger partial charge in [0.2, 0.25) is 0 Å². The van der Waals surface area contributed by atoms with Crippen LogP contribution in [0.3, 0.4) is 0 Å². The molecule has 2 heterocycles. The summed E-state index contributed by atoms with van der Waals surface area (Å²) < 4.78 is 5.95. The normalized spacial score (nSPS) is 13.4. The Morgan fingerprint density at radius 3 is 2.71 bits per heavy atom. The number of ether oxygens (including phenoxy) is 1. The molecular formula is C13H8BrNO2. The summed E-state index contributed by atoms with van der Waals surface area (Å²) in [6, 6.07) is 9.71. The molecule has 0 bridgehead atoms. The average Bonchev–Trinajstić information content (AvgIpc) is 2.72. The van der Waals surface area contributed by atoms with Gasteiger partial charge in [-0.3, -0.25) is 4.98 Å². The predicted octanol–water partition coefficient (Wildman–Crippen LogP) is 3.18. The first-order chi connectivity index (χ1) is 8.24. The number of rotatable bonds is 1. The molecule has 1 aliphatic rings. The van der Waals surface area contributed by atoms with Crippen LogP contribution in [0.2, 0.25) is 0 Å². The van der Waals surface area contributed by atoms with Gasteiger partial charge in [-0.1, -0.05) is 28.1 Å². The van der Waals surface area contributed by atoms with Crippen LogP contribution in [0.5, 0.6) is 0 Å². The van der Waals surface area contributed by atoms with Gasteiger partial charge in [-0.15, -0.1) is 0 Å². The monoisotopic (exact) mass is 289 g/mol. The zero-order valence-electron chi connectivity index (χ0n) is 8.81. The van der Waals surface area contributed by atoms with Gasteiger partial charge in [-0.25, -0.2) is 4.79 Å². The number of halogens is 1. The summed E-state index contributed by atoms with van der Waals surface area (Å²) >= 11 is 3.39. The fourth-order valence-electron chi connectivity index (χ4n) is 1.80. The number of aromatic nitrogens is 1. The zero-order chi connectivity index (χ0) is 11.8. The van der Waals surface area contributed by atoms with Crippen molar-refractivity contribution in [3.8, 4) is 11.1 Å². The van der Waals surface area contributed by atoms with Gasteiger partial charge >= 0.3 is 5.97 Å². The van der Waals surface area contributed by atoms with Crippen molar-refractivity contribution >= 4 is 21.9 Å². The molecule has 0 fully saturated rings. The van der Waals surface area contributed by atoms with Gasteiger partial charge in [-0.05, 0) is 23.8 Å². The minimum absolute atomic E-state index is 0.286. The van der Waals surface area contributed by atoms with Crippen molar-refractivity contribution in [2.45, 2.75) is 6.61 Å². The van der Waals surface area contributed by atoms with E-state index in [-0.39, 0.29) is 12.6 Å². The third-order valence-corrected chi connectivity index (χ3v) is 3.24. The number of carbonyl (C=O) groups excluding carboxylic acids is 1. The van der Waals surface area contributed by atoms with Gasteiger partial charge in [0.1, 0.15) is 6.61 Å². The Labute approximate surface area is 107 Å². The number of fused-ring (bicyclic) bond motifs is 1. The Kier molecular flexibility index (Phi) is 2.44. The van der Waals surface area contributed by atoms with Crippen molar-refractivity contribution in [3.05, 3.63) is 52.3 Å². The molecule has 2 aromatic rings. The largest absolute Gasteiger partial charge is 0.456 e. The van der Waals surface area contributed by atoms with E-state index < -0.39 is 0 Å². The lowest BCUT2D eigenvalue weighted by atomic mass is 10.1. The minimum atomic E-state index is -0.286. The lowest BCUT2D eigenvalue weighted by molar-refractivity contribution is 0.0533. The van der Waals surface area contributed by atoms with Crippen LogP contribution in [0.25, 0.3) is 11.1 Å². The van der Waals surface area contributed by atoms with Gasteiger partial charge < -0.3 is 4.74 Å². The summed E-state index contributed by atoms with van der Waals surface area (Å²) in [5.41, 5.74) is 3.25. The van der Waals surface area contributed by atoms with E-state index in [1.807, 2.05) is 30.3 Å². The van der Waals surface area contributed by atoms with Crippen LogP contribution < -0.4 is 0 Å². The van der Waals surface area contributed by atoms with Crippen molar-refractivity contribution in [1.82, 2.24) is 4.98 Å². The number of hydrogen-bond acceptors (Lipinski definition) is 3. The fourth-order valence-corrected chi connectivity index (χ4v) is 2.06. The maximum atomic E-state index is 11.4. The number of nitrogens with zero attached hydrogens (tertiary/aromatic N) is 1. The maximum Gasteiger partial charge on any atom is 0.340 e. The summed E-state index contributed by atoms with van der Waals surface area (Å²) in [5.74, 6) is -0.286. The molecular weight excluding hydrogens is 282 g/mol. The van der Waals surface area contributed by atoms with E-state index in [4.69, 9.17) is 4.74 Å². The predicted molar refractivity (Wildman–Crippen MR) is 66.5 cm³/mol. The molecule has 0 aliphatic carbocycles. The third-order valence-electron chi connectivity index (χ3n) is 2.71. The molecule has 1 aliphatic heterocycles. The number of esters is 1. The lowest BCUT2D eigenvalue weighted by Gasteiger charge is -2.02. The van der Waals surface area contributed by atoms with Gasteiger partial charge in [0.25, 0.3) is 0 Å². The fraction of sp³-hybridized carbons (Fsp3) is 0.0769. The summed E-state index contributed by atoms with van der Waals surface area (Å²) in [6.45, 7) is 0.286. The van der Waals surface area contributed by atoms with E-state index in [1.165, 1.54) is 0 Å². The lowest BCUT2D eigenvalue weighted by Crippen LogP contribution is -1.95. The second kappa shape index (κ2) is 3.96. The van der Waals surface area contributed by atoms with Crippen LogP contribution in [0, 0.1) is 0 Å². The number of hydrogen-bond donors (Lipinski definition) is 0. The Bertz CT molecular complexity index is 593.